The minimum absolute atomic E-state index is 0.0128. The Labute approximate surface area is 293 Å². The third-order valence-electron chi connectivity index (χ3n) is 10.9. The number of para-hydroxylation sites is 1. The number of methoxy groups -OCH3 is 1. The van der Waals surface area contributed by atoms with Gasteiger partial charge in [-0.3, -0.25) is 23.9 Å². The molecule has 0 radical (unpaired) electrons. The van der Waals surface area contributed by atoms with Gasteiger partial charge in [0.15, 0.2) is 18.4 Å². The van der Waals surface area contributed by atoms with Crippen molar-refractivity contribution in [3.05, 3.63) is 76.0 Å². The molecule has 2 fully saturated rings. The number of carbonyl (C=O) groups excluding carboxylic acids is 4. The largest absolute Gasteiger partial charge is 0.466 e. The van der Waals surface area contributed by atoms with Gasteiger partial charge in [0, 0.05) is 62.9 Å². The van der Waals surface area contributed by atoms with Crippen molar-refractivity contribution >= 4 is 35.4 Å². The van der Waals surface area contributed by atoms with Crippen LogP contribution in [0.3, 0.4) is 0 Å². The second-order valence-corrected chi connectivity index (χ2v) is 13.5. The Morgan fingerprint density at radius 3 is 2.49 bits per heavy atom. The van der Waals surface area contributed by atoms with Crippen molar-refractivity contribution < 1.29 is 42.9 Å². The fourth-order valence-corrected chi connectivity index (χ4v) is 9.08. The van der Waals surface area contributed by atoms with Gasteiger partial charge < -0.3 is 34.3 Å². The van der Waals surface area contributed by atoms with E-state index in [-0.39, 0.29) is 18.5 Å². The van der Waals surface area contributed by atoms with Crippen LogP contribution in [0.2, 0.25) is 0 Å². The highest BCUT2D eigenvalue weighted by Crippen LogP contribution is 2.64. The van der Waals surface area contributed by atoms with Crippen molar-refractivity contribution in [1.82, 2.24) is 14.5 Å². The minimum atomic E-state index is -1.27. The van der Waals surface area contributed by atoms with Crippen LogP contribution in [0.4, 0.5) is 11.5 Å². The van der Waals surface area contributed by atoms with Gasteiger partial charge in [0.2, 0.25) is 0 Å². The maximum atomic E-state index is 13.9. The molecule has 270 valence electrons. The molecule has 0 amide bonds. The summed E-state index contributed by atoms with van der Waals surface area (Å²) < 4.78 is 28.7. The number of hydrogen-bond donors (Lipinski definition) is 2. The van der Waals surface area contributed by atoms with Crippen molar-refractivity contribution in [1.29, 1.82) is 0 Å². The van der Waals surface area contributed by atoms with Gasteiger partial charge in [-0.05, 0) is 30.5 Å². The van der Waals surface area contributed by atoms with Crippen LogP contribution in [0, 0.1) is 5.41 Å². The smallest absolute Gasteiger partial charge is 0.351 e. The molecule has 15 heteroatoms. The number of hydrogen-bond acceptors (Lipinski definition) is 14. The Morgan fingerprint density at radius 1 is 1.06 bits per heavy atom. The van der Waals surface area contributed by atoms with Crippen molar-refractivity contribution in [3.8, 4) is 0 Å². The molecule has 0 bridgehead atoms. The first kappa shape index (κ1) is 34.4. The number of esters is 4. The second-order valence-electron chi connectivity index (χ2n) is 13.5. The van der Waals surface area contributed by atoms with Crippen molar-refractivity contribution in [2.45, 2.75) is 82.6 Å². The average molecular weight is 704 g/mol. The number of anilines is 2. The number of rotatable bonds is 9. The molecule has 4 aliphatic heterocycles. The molecule has 8 atom stereocenters. The van der Waals surface area contributed by atoms with Gasteiger partial charge in [-0.2, -0.15) is 4.98 Å². The lowest BCUT2D eigenvalue weighted by Crippen LogP contribution is -2.65. The van der Waals surface area contributed by atoms with E-state index in [1.165, 1.54) is 34.1 Å². The van der Waals surface area contributed by atoms with Crippen molar-refractivity contribution in [3.63, 3.8) is 0 Å². The highest BCUT2D eigenvalue weighted by molar-refractivity contribution is 5.95. The van der Waals surface area contributed by atoms with E-state index >= 15 is 0 Å². The van der Waals surface area contributed by atoms with Crippen LogP contribution in [0.1, 0.15) is 52.3 Å². The van der Waals surface area contributed by atoms with Crippen LogP contribution in [-0.2, 0) is 48.3 Å². The zero-order valence-electron chi connectivity index (χ0n) is 29.0. The average Bonchev–Trinajstić information content (AvgIpc) is 3.76. The summed E-state index contributed by atoms with van der Waals surface area (Å²) in [6.45, 7) is 6.96. The molecular weight excluding hydrogens is 662 g/mol. The van der Waals surface area contributed by atoms with Gasteiger partial charge in [-0.15, -0.1) is 0 Å². The lowest BCUT2D eigenvalue weighted by atomic mass is 9.53. The molecule has 1 spiro atoms. The molecule has 5 heterocycles. The molecule has 2 N–H and O–H groups in total. The maximum Gasteiger partial charge on any atom is 0.351 e. The Bertz CT molecular complexity index is 1910. The molecule has 2 saturated heterocycles. The molecule has 2 aromatic rings. The highest BCUT2D eigenvalue weighted by Gasteiger charge is 2.68. The summed E-state index contributed by atoms with van der Waals surface area (Å²) in [7, 11) is 1.36. The van der Waals surface area contributed by atoms with Crippen molar-refractivity contribution in [2.75, 3.05) is 37.4 Å². The Balaban J connectivity index is 1.29. The Morgan fingerprint density at radius 2 is 1.80 bits per heavy atom. The molecule has 5 aliphatic rings. The summed E-state index contributed by atoms with van der Waals surface area (Å²) in [5.74, 6) is -2.29. The molecule has 7 rings (SSSR count). The van der Waals surface area contributed by atoms with Crippen LogP contribution in [-0.4, -0.2) is 95.5 Å². The minimum Gasteiger partial charge on any atom is -0.466 e. The lowest BCUT2D eigenvalue weighted by molar-refractivity contribution is -0.166. The van der Waals surface area contributed by atoms with E-state index < -0.39 is 71.0 Å². The third kappa shape index (κ3) is 5.41. The maximum absolute atomic E-state index is 13.9. The third-order valence-corrected chi connectivity index (χ3v) is 10.9. The zero-order chi connectivity index (χ0) is 36.2. The SMILES string of the molecule is CC[C@]12C=CCN3CC[C@]4(C(=C(C(=O)OC)[C@@H]1Nc1ccn(C5OC(COC(C)=O)C(OC(C)=O)C5OC(C)=O)c(=O)n1)Nc1ccccc14)C32. The molecule has 51 heavy (non-hydrogen) atoms. The summed E-state index contributed by atoms with van der Waals surface area (Å²) in [6, 6.07) is 9.07. The predicted octanol–water partition coefficient (Wildman–Crippen LogP) is 2.19. The molecule has 1 aromatic carbocycles. The number of fused-ring (bicyclic) bond motifs is 1. The van der Waals surface area contributed by atoms with Crippen LogP contribution in [0.15, 0.2) is 64.7 Å². The molecule has 0 saturated carbocycles. The number of nitrogens with zero attached hydrogens (tertiary/aromatic N) is 3. The molecule has 5 unspecified atom stereocenters. The summed E-state index contributed by atoms with van der Waals surface area (Å²) in [6.07, 6.45) is 2.50. The molecule has 1 aliphatic carbocycles. The van der Waals surface area contributed by atoms with Crippen LogP contribution < -0.4 is 16.3 Å². The van der Waals surface area contributed by atoms with Gasteiger partial charge in [-0.1, -0.05) is 37.3 Å². The summed E-state index contributed by atoms with van der Waals surface area (Å²) >= 11 is 0. The molecular formula is C36H41N5O10. The van der Waals surface area contributed by atoms with E-state index in [0.29, 0.717) is 12.0 Å². The first-order chi connectivity index (χ1) is 24.4. The van der Waals surface area contributed by atoms with Gasteiger partial charge in [0.05, 0.1) is 24.1 Å². The first-order valence-electron chi connectivity index (χ1n) is 17.1. The van der Waals surface area contributed by atoms with Crippen LogP contribution in [0.25, 0.3) is 0 Å². The van der Waals surface area contributed by atoms with Gasteiger partial charge >= 0.3 is 29.6 Å². The zero-order valence-corrected chi connectivity index (χ0v) is 29.0. The lowest BCUT2D eigenvalue weighted by Gasteiger charge is -2.57. The van der Waals surface area contributed by atoms with Crippen molar-refractivity contribution in [2.24, 2.45) is 5.41 Å². The van der Waals surface area contributed by atoms with E-state index in [9.17, 15) is 24.0 Å². The van der Waals surface area contributed by atoms with Gasteiger partial charge in [-0.25, -0.2) is 9.59 Å². The number of benzene rings is 1. The Kier molecular flexibility index (Phi) is 8.74. The molecule has 15 nitrogen and oxygen atoms in total. The summed E-state index contributed by atoms with van der Waals surface area (Å²) in [4.78, 5) is 70.3. The Hall–Kier alpha value is -5.02. The van der Waals surface area contributed by atoms with E-state index in [0.717, 1.165) is 41.0 Å². The fourth-order valence-electron chi connectivity index (χ4n) is 9.08. The highest BCUT2D eigenvalue weighted by atomic mass is 16.7. The van der Waals surface area contributed by atoms with E-state index in [1.54, 1.807) is 6.07 Å². The topological polar surface area (TPSA) is 177 Å². The van der Waals surface area contributed by atoms with Gasteiger partial charge in [0.1, 0.15) is 18.5 Å². The monoisotopic (exact) mass is 703 g/mol. The number of nitrogens with one attached hydrogen (secondary N) is 2. The quantitative estimate of drug-likeness (QED) is 0.221. The predicted molar refractivity (Wildman–Crippen MR) is 180 cm³/mol. The van der Waals surface area contributed by atoms with Crippen LogP contribution >= 0.6 is 0 Å². The number of carbonyl (C=O) groups is 4. The first-order valence-corrected chi connectivity index (χ1v) is 17.1. The number of aromatic nitrogens is 2. The summed E-state index contributed by atoms with van der Waals surface area (Å²) in [5.41, 5.74) is 1.50. The second kappa shape index (κ2) is 12.9. The standard InChI is InChI=1S/C36H41N5O10/c1-6-35-13-9-15-40-17-14-36(33(35)40)22-10-7-8-11-23(22)37-30(36)26(32(45)47-5)29(35)38-25-12-16-41(34(46)39-25)31-28(50-21(4)44)27(49-20(3)43)24(51-31)18-48-19(2)42/h7-13,16,24,27-29,31,33,37H,6,14-15,17-18H2,1-5H3,(H,38,39,46)/t24?,27?,28?,29-,31?,33?,35-,36-/m0/s1. The fraction of sp³-hybridized carbons (Fsp3) is 0.500. The van der Waals surface area contributed by atoms with E-state index in [1.807, 2.05) is 18.2 Å². The number of ether oxygens (including phenoxy) is 5. The van der Waals surface area contributed by atoms with Crippen LogP contribution in [0.5, 0.6) is 0 Å². The summed E-state index contributed by atoms with van der Waals surface area (Å²) in [5, 5.41) is 7.07. The van der Waals surface area contributed by atoms with Gasteiger partial charge in [0.25, 0.3) is 0 Å². The van der Waals surface area contributed by atoms with E-state index in [4.69, 9.17) is 23.7 Å². The molecule has 1 aromatic heterocycles. The van der Waals surface area contributed by atoms with E-state index in [2.05, 4.69) is 45.7 Å². The normalized spacial score (nSPS) is 31.5.